The zero-order valence-electron chi connectivity index (χ0n) is 17.2. The van der Waals surface area contributed by atoms with Crippen LogP contribution in [0.1, 0.15) is 40.4 Å². The molecule has 0 amide bonds. The third kappa shape index (κ3) is 4.09. The summed E-state index contributed by atoms with van der Waals surface area (Å²) >= 11 is 1.42. The van der Waals surface area contributed by atoms with Gasteiger partial charge < -0.3 is 10.6 Å². The van der Waals surface area contributed by atoms with Crippen molar-refractivity contribution in [3.05, 3.63) is 51.9 Å². The number of pyridine rings is 1. The molecule has 1 fully saturated rings. The molecule has 7 nitrogen and oxygen atoms in total. The van der Waals surface area contributed by atoms with Gasteiger partial charge in [-0.1, -0.05) is 23.5 Å². The van der Waals surface area contributed by atoms with E-state index in [1.807, 2.05) is 6.92 Å². The highest BCUT2D eigenvalue weighted by atomic mass is 32.1. The summed E-state index contributed by atoms with van der Waals surface area (Å²) in [6, 6.07) is 3.63. The van der Waals surface area contributed by atoms with E-state index in [4.69, 9.17) is 0 Å². The van der Waals surface area contributed by atoms with Crippen LogP contribution in [0, 0.1) is 6.92 Å². The van der Waals surface area contributed by atoms with Crippen molar-refractivity contribution >= 4 is 22.9 Å². The third-order valence-electron chi connectivity index (χ3n) is 5.49. The molecule has 11 heteroatoms. The van der Waals surface area contributed by atoms with E-state index in [1.165, 1.54) is 11.3 Å². The number of allylic oxidation sites excluding steroid dienone is 1. The average Bonchev–Trinajstić information content (AvgIpc) is 3.39. The maximum Gasteiger partial charge on any atom is 0.419 e. The van der Waals surface area contributed by atoms with Crippen molar-refractivity contribution in [2.75, 3.05) is 18.4 Å². The van der Waals surface area contributed by atoms with Crippen LogP contribution in [-0.4, -0.2) is 44.3 Å². The molecule has 1 saturated heterocycles. The summed E-state index contributed by atoms with van der Waals surface area (Å²) in [7, 11) is 0. The molecule has 2 N–H and O–H groups in total. The second-order valence-corrected chi connectivity index (χ2v) is 8.96. The quantitative estimate of drug-likeness (QED) is 0.612. The number of fused-ring (bicyclic) bond motifs is 1. The van der Waals surface area contributed by atoms with Gasteiger partial charge in [-0.05, 0) is 32.4 Å². The average molecular weight is 460 g/mol. The fourth-order valence-electron chi connectivity index (χ4n) is 3.98. The Balaban J connectivity index is 1.50. The molecule has 1 aliphatic carbocycles. The summed E-state index contributed by atoms with van der Waals surface area (Å²) in [5, 5.41) is 16.1. The first-order valence-corrected chi connectivity index (χ1v) is 11.1. The molecule has 0 aromatic carbocycles. The number of hydrogen-bond acceptors (Lipinski definition) is 8. The smallest absolute Gasteiger partial charge is 0.350 e. The standard InChI is InChI=1S/C21H20F3N7S/c1-11-30-31-19(32-11)17-7-4-13-14(5-6-16(13)28-17)18-15(21(22,23)24)10-26-20(29-18)27-12-3-2-8-25-9-12/h4-5,7,10,12,25H,2-3,6,8-9H2,1H3,(H,26,27,29)/t12-/m0/s1. The summed E-state index contributed by atoms with van der Waals surface area (Å²) < 4.78 is 41.4. The van der Waals surface area contributed by atoms with Crippen molar-refractivity contribution < 1.29 is 13.2 Å². The monoisotopic (exact) mass is 459 g/mol. The van der Waals surface area contributed by atoms with E-state index in [-0.39, 0.29) is 17.7 Å². The van der Waals surface area contributed by atoms with E-state index in [2.05, 4.69) is 35.8 Å². The maximum absolute atomic E-state index is 13.8. The van der Waals surface area contributed by atoms with Gasteiger partial charge in [-0.2, -0.15) is 13.2 Å². The van der Waals surface area contributed by atoms with Gasteiger partial charge >= 0.3 is 6.18 Å². The maximum atomic E-state index is 13.8. The number of nitrogens with zero attached hydrogens (tertiary/aromatic N) is 5. The summed E-state index contributed by atoms with van der Waals surface area (Å²) in [5.41, 5.74) is 1.45. The number of halogens is 3. The predicted molar refractivity (Wildman–Crippen MR) is 115 cm³/mol. The van der Waals surface area contributed by atoms with Crippen LogP contribution in [0.15, 0.2) is 24.4 Å². The van der Waals surface area contributed by atoms with Gasteiger partial charge in [0, 0.05) is 36.3 Å². The van der Waals surface area contributed by atoms with Gasteiger partial charge in [0.25, 0.3) is 0 Å². The van der Waals surface area contributed by atoms with Gasteiger partial charge in [-0.25, -0.2) is 15.0 Å². The second-order valence-electron chi connectivity index (χ2n) is 7.78. The van der Waals surface area contributed by atoms with Crippen molar-refractivity contribution in [3.63, 3.8) is 0 Å². The number of nitrogens with one attached hydrogen (secondary N) is 2. The number of aryl methyl sites for hydroxylation is 1. The fourth-order valence-corrected chi connectivity index (χ4v) is 4.64. The highest BCUT2D eigenvalue weighted by Crippen LogP contribution is 2.40. The summed E-state index contributed by atoms with van der Waals surface area (Å²) in [6.45, 7) is 3.52. The van der Waals surface area contributed by atoms with Gasteiger partial charge in [0.2, 0.25) is 5.95 Å². The van der Waals surface area contributed by atoms with Crippen molar-refractivity contribution in [2.24, 2.45) is 0 Å². The molecule has 2 aliphatic rings. The first-order valence-electron chi connectivity index (χ1n) is 10.3. The molecule has 1 aliphatic heterocycles. The molecule has 1 atom stereocenters. The SMILES string of the molecule is Cc1nnc(-c2ccc3c(n2)CC=C3c2nc(N[C@H]3CCCNC3)ncc2C(F)(F)F)s1. The van der Waals surface area contributed by atoms with Crippen LogP contribution in [-0.2, 0) is 12.6 Å². The van der Waals surface area contributed by atoms with E-state index in [0.717, 1.165) is 37.1 Å². The molecule has 4 heterocycles. The predicted octanol–water partition coefficient (Wildman–Crippen LogP) is 3.87. The molecule has 0 unspecified atom stereocenters. The Morgan fingerprint density at radius 2 is 2.06 bits per heavy atom. The Kier molecular flexibility index (Phi) is 5.38. The van der Waals surface area contributed by atoms with E-state index in [1.54, 1.807) is 18.2 Å². The van der Waals surface area contributed by atoms with E-state index < -0.39 is 11.7 Å². The highest BCUT2D eigenvalue weighted by molar-refractivity contribution is 7.14. The molecular formula is C21H20F3N7S. The van der Waals surface area contributed by atoms with Crippen LogP contribution in [0.5, 0.6) is 0 Å². The fraction of sp³-hybridized carbons (Fsp3) is 0.381. The van der Waals surface area contributed by atoms with E-state index >= 15 is 0 Å². The van der Waals surface area contributed by atoms with Gasteiger partial charge in [-0.3, -0.25) is 0 Å². The van der Waals surface area contributed by atoms with Crippen LogP contribution in [0.2, 0.25) is 0 Å². The molecule has 0 saturated carbocycles. The Bertz CT molecular complexity index is 1180. The summed E-state index contributed by atoms with van der Waals surface area (Å²) in [4.78, 5) is 12.9. The van der Waals surface area contributed by atoms with Crippen LogP contribution in [0.3, 0.4) is 0 Å². The first-order chi connectivity index (χ1) is 15.4. The molecule has 0 bridgehead atoms. The minimum Gasteiger partial charge on any atom is -0.350 e. The van der Waals surface area contributed by atoms with Crippen molar-refractivity contribution in [1.82, 2.24) is 30.5 Å². The topological polar surface area (TPSA) is 88.5 Å². The molecule has 3 aromatic heterocycles. The lowest BCUT2D eigenvalue weighted by Gasteiger charge is -2.24. The van der Waals surface area contributed by atoms with Crippen molar-refractivity contribution in [1.29, 1.82) is 0 Å². The number of hydrogen-bond donors (Lipinski definition) is 2. The van der Waals surface area contributed by atoms with Crippen LogP contribution >= 0.6 is 11.3 Å². The lowest BCUT2D eigenvalue weighted by Crippen LogP contribution is -2.38. The normalized spacial score (nSPS) is 18.4. The Labute approximate surface area is 186 Å². The van der Waals surface area contributed by atoms with Crippen LogP contribution in [0.4, 0.5) is 19.1 Å². The molecule has 3 aromatic rings. The summed E-state index contributed by atoms with van der Waals surface area (Å²) in [5.74, 6) is 0.199. The van der Waals surface area contributed by atoms with Crippen molar-refractivity contribution in [3.8, 4) is 10.7 Å². The zero-order valence-corrected chi connectivity index (χ0v) is 18.0. The number of alkyl halides is 3. The van der Waals surface area contributed by atoms with Crippen LogP contribution < -0.4 is 10.6 Å². The number of anilines is 1. The lowest BCUT2D eigenvalue weighted by molar-refractivity contribution is -0.138. The third-order valence-corrected chi connectivity index (χ3v) is 6.35. The largest absolute Gasteiger partial charge is 0.419 e. The molecule has 166 valence electrons. The molecule has 0 spiro atoms. The van der Waals surface area contributed by atoms with Gasteiger partial charge in [-0.15, -0.1) is 10.2 Å². The van der Waals surface area contributed by atoms with E-state index in [0.29, 0.717) is 34.0 Å². The summed E-state index contributed by atoms with van der Waals surface area (Å²) in [6.07, 6.45) is 0.373. The minimum atomic E-state index is -4.57. The van der Waals surface area contributed by atoms with Crippen LogP contribution in [0.25, 0.3) is 16.3 Å². The number of aromatic nitrogens is 5. The van der Waals surface area contributed by atoms with Crippen molar-refractivity contribution in [2.45, 2.75) is 38.4 Å². The Morgan fingerprint density at radius 3 is 2.78 bits per heavy atom. The Morgan fingerprint density at radius 1 is 1.19 bits per heavy atom. The van der Waals surface area contributed by atoms with Gasteiger partial charge in [0.15, 0.2) is 5.01 Å². The Hall–Kier alpha value is -2.92. The number of rotatable bonds is 4. The minimum absolute atomic E-state index is 0.0813. The van der Waals surface area contributed by atoms with Gasteiger partial charge in [0.1, 0.15) is 16.3 Å². The van der Waals surface area contributed by atoms with E-state index in [9.17, 15) is 13.2 Å². The molecule has 0 radical (unpaired) electrons. The molecular weight excluding hydrogens is 439 g/mol. The second kappa shape index (κ2) is 8.21. The van der Waals surface area contributed by atoms with Gasteiger partial charge in [0.05, 0.1) is 11.4 Å². The highest BCUT2D eigenvalue weighted by Gasteiger charge is 2.37. The molecule has 5 rings (SSSR count). The zero-order chi connectivity index (χ0) is 22.3. The number of piperidine rings is 1. The molecule has 32 heavy (non-hydrogen) atoms. The lowest BCUT2D eigenvalue weighted by atomic mass is 10.0. The first kappa shape index (κ1) is 21.0.